The molecule has 2 N–H and O–H groups in total. The summed E-state index contributed by atoms with van der Waals surface area (Å²) in [4.78, 5) is 16.1. The van der Waals surface area contributed by atoms with Gasteiger partial charge in [0.05, 0.1) is 11.2 Å². The number of hydrogen-bond acceptors (Lipinski definition) is 6. The van der Waals surface area contributed by atoms with Crippen LogP contribution in [0.25, 0.3) is 0 Å². The van der Waals surface area contributed by atoms with E-state index in [9.17, 15) is 13.6 Å². The Kier molecular flexibility index (Phi) is 11.9. The van der Waals surface area contributed by atoms with Gasteiger partial charge in [0.1, 0.15) is 17.1 Å². The van der Waals surface area contributed by atoms with E-state index in [1.165, 1.54) is 6.07 Å². The fourth-order valence-electron chi connectivity index (χ4n) is 5.29. The Morgan fingerprint density at radius 2 is 1.71 bits per heavy atom. The molecule has 254 valence electrons. The van der Waals surface area contributed by atoms with E-state index in [2.05, 4.69) is 76.3 Å². The molecule has 2 aromatic rings. The van der Waals surface area contributed by atoms with Gasteiger partial charge in [-0.1, -0.05) is 27.2 Å². The summed E-state index contributed by atoms with van der Waals surface area (Å²) < 4.78 is 41.7. The van der Waals surface area contributed by atoms with Gasteiger partial charge in [-0.2, -0.15) is 5.10 Å². The van der Waals surface area contributed by atoms with Crippen molar-refractivity contribution in [3.8, 4) is 0 Å². The quantitative estimate of drug-likeness (QED) is 0.176. The van der Waals surface area contributed by atoms with Crippen LogP contribution in [0.15, 0.2) is 18.2 Å². The number of anilines is 2. The summed E-state index contributed by atoms with van der Waals surface area (Å²) >= 11 is 0. The number of carbonyl (C=O) groups is 1. The number of nitrogens with one attached hydrogen (secondary N) is 2. The maximum absolute atomic E-state index is 13.9. The molecule has 45 heavy (non-hydrogen) atoms. The molecular weight excluding hydrogens is 592 g/mol. The van der Waals surface area contributed by atoms with Crippen LogP contribution in [-0.4, -0.2) is 47.4 Å². The maximum atomic E-state index is 13.9. The molecule has 1 amide bonds. The minimum Gasteiger partial charge on any atom is -0.444 e. The molecule has 0 aliphatic heterocycles. The van der Waals surface area contributed by atoms with E-state index in [4.69, 9.17) is 14.3 Å². The molecule has 1 fully saturated rings. The van der Waals surface area contributed by atoms with Crippen LogP contribution in [0.5, 0.6) is 0 Å². The van der Waals surface area contributed by atoms with Gasteiger partial charge in [0.2, 0.25) is 0 Å². The summed E-state index contributed by atoms with van der Waals surface area (Å²) in [6.07, 6.45) is 2.99. The van der Waals surface area contributed by atoms with Crippen LogP contribution >= 0.6 is 0 Å². The first-order valence-electron chi connectivity index (χ1n) is 16.5. The molecule has 3 rings (SSSR count). The minimum atomic E-state index is -2.68. The summed E-state index contributed by atoms with van der Waals surface area (Å²) in [6.45, 7) is 23.6. The van der Waals surface area contributed by atoms with Crippen molar-refractivity contribution >= 4 is 25.9 Å². The zero-order valence-electron chi connectivity index (χ0n) is 29.4. The third-order valence-electron chi connectivity index (χ3n) is 8.61. The number of unbranched alkanes of at least 4 members (excludes halogenated alkanes) is 2. The second-order valence-corrected chi connectivity index (χ2v) is 20.7. The number of halogens is 2. The van der Waals surface area contributed by atoms with Gasteiger partial charge in [-0.15, -0.1) is 0 Å². The zero-order chi connectivity index (χ0) is 33.8. The molecule has 0 radical (unpaired) electrons. The van der Waals surface area contributed by atoms with Crippen molar-refractivity contribution in [3.05, 3.63) is 35.3 Å². The number of alkyl halides is 2. The number of aromatic nitrogens is 3. The molecule has 8 nitrogen and oxygen atoms in total. The minimum absolute atomic E-state index is 0.162. The van der Waals surface area contributed by atoms with Crippen molar-refractivity contribution in [2.45, 2.75) is 155 Å². The molecule has 2 aromatic heterocycles. The average molecular weight is 650 g/mol. The first kappa shape index (κ1) is 36.9. The number of alkyl carbamates (subject to hydrolysis) is 1. The van der Waals surface area contributed by atoms with Crippen LogP contribution in [0.2, 0.25) is 18.1 Å². The van der Waals surface area contributed by atoms with Crippen molar-refractivity contribution in [1.29, 1.82) is 0 Å². The summed E-state index contributed by atoms with van der Waals surface area (Å²) in [5.41, 5.74) is 1.10. The zero-order valence-corrected chi connectivity index (χ0v) is 30.4. The van der Waals surface area contributed by atoms with E-state index >= 15 is 0 Å². The highest BCUT2D eigenvalue weighted by Gasteiger charge is 2.41. The second-order valence-electron chi connectivity index (χ2n) is 16.0. The van der Waals surface area contributed by atoms with Gasteiger partial charge in [-0.3, -0.25) is 4.98 Å². The predicted molar refractivity (Wildman–Crippen MR) is 180 cm³/mol. The fraction of sp³-hybridized carbons (Fsp3) is 0.735. The van der Waals surface area contributed by atoms with Crippen molar-refractivity contribution in [1.82, 2.24) is 20.1 Å². The lowest BCUT2D eigenvalue weighted by Crippen LogP contribution is -2.43. The first-order chi connectivity index (χ1) is 20.6. The largest absolute Gasteiger partial charge is 0.444 e. The average Bonchev–Trinajstić information content (AvgIpc) is 3.51. The number of carbonyl (C=O) groups excluding carboxylic acids is 1. The molecule has 0 aromatic carbocycles. The van der Waals surface area contributed by atoms with Gasteiger partial charge in [-0.25, -0.2) is 18.3 Å². The van der Waals surface area contributed by atoms with Crippen LogP contribution in [0.4, 0.5) is 25.1 Å². The van der Waals surface area contributed by atoms with Crippen molar-refractivity contribution < 1.29 is 22.7 Å². The van der Waals surface area contributed by atoms with E-state index in [0.29, 0.717) is 30.3 Å². The normalized spacial score (nSPS) is 18.0. The van der Waals surface area contributed by atoms with Crippen molar-refractivity contribution in [2.75, 3.05) is 11.9 Å². The van der Waals surface area contributed by atoms with Crippen LogP contribution in [-0.2, 0) is 21.1 Å². The monoisotopic (exact) mass is 649 g/mol. The number of ether oxygens (including phenoxy) is 1. The number of hydrogen-bond donors (Lipinski definition) is 2. The molecular formula is C34H57F2N5O3Si. The second kappa shape index (κ2) is 14.5. The molecule has 1 aliphatic rings. The van der Waals surface area contributed by atoms with E-state index in [-0.39, 0.29) is 22.4 Å². The third-order valence-corrected chi connectivity index (χ3v) is 13.1. The molecule has 0 saturated heterocycles. The summed E-state index contributed by atoms with van der Waals surface area (Å²) in [6, 6.07) is 5.35. The molecule has 0 unspecified atom stereocenters. The number of aryl methyl sites for hydroxylation is 1. The molecule has 2 atom stereocenters. The lowest BCUT2D eigenvalue weighted by atomic mass is 10.0. The van der Waals surface area contributed by atoms with Crippen LogP contribution < -0.4 is 10.6 Å². The number of amides is 1. The Bertz CT molecular complexity index is 1280. The standard InChI is InChI=1S/C34H57F2N5O3Si/c1-32(2,3)41-29(22-27(40-41)23-16-17-26(19-23)44-45(10,11)34(7,8)9)39-25-20-24(38-28(21-25)30(35)36)15-13-12-14-18-37-31(42)43-33(4,5)6/h20-23,26,30H,12-19H2,1-11H3,(H,37,42)(H,38,39)/t23-,26+/m0/s1. The van der Waals surface area contributed by atoms with Crippen molar-refractivity contribution in [2.24, 2.45) is 0 Å². The van der Waals surface area contributed by atoms with Gasteiger partial charge >= 0.3 is 6.09 Å². The number of nitrogens with zero attached hydrogens (tertiary/aromatic N) is 3. The van der Waals surface area contributed by atoms with Gasteiger partial charge in [0.25, 0.3) is 6.43 Å². The molecule has 2 heterocycles. The third kappa shape index (κ3) is 11.0. The highest BCUT2D eigenvalue weighted by molar-refractivity contribution is 6.74. The Labute approximate surface area is 270 Å². The lowest BCUT2D eigenvalue weighted by molar-refractivity contribution is 0.0527. The molecule has 11 heteroatoms. The van der Waals surface area contributed by atoms with Gasteiger partial charge in [-0.05, 0) is 110 Å². The summed E-state index contributed by atoms with van der Waals surface area (Å²) in [7, 11) is -1.86. The highest BCUT2D eigenvalue weighted by Crippen LogP contribution is 2.43. The smallest absolute Gasteiger partial charge is 0.407 e. The maximum Gasteiger partial charge on any atom is 0.407 e. The lowest BCUT2D eigenvalue weighted by Gasteiger charge is -2.38. The van der Waals surface area contributed by atoms with Gasteiger partial charge in [0, 0.05) is 36.0 Å². The van der Waals surface area contributed by atoms with Crippen LogP contribution in [0, 0.1) is 0 Å². The van der Waals surface area contributed by atoms with Gasteiger partial charge in [0.15, 0.2) is 8.32 Å². The summed E-state index contributed by atoms with van der Waals surface area (Å²) in [5.74, 6) is 1.07. The molecule has 0 spiro atoms. The van der Waals surface area contributed by atoms with Crippen LogP contribution in [0.1, 0.15) is 130 Å². The van der Waals surface area contributed by atoms with Crippen LogP contribution in [0.3, 0.4) is 0 Å². The predicted octanol–water partition coefficient (Wildman–Crippen LogP) is 9.61. The Hall–Kier alpha value is -2.53. The van der Waals surface area contributed by atoms with E-state index < -0.39 is 26.4 Å². The number of pyridine rings is 1. The van der Waals surface area contributed by atoms with E-state index in [1.807, 2.05) is 31.5 Å². The fourth-order valence-corrected chi connectivity index (χ4v) is 6.69. The Morgan fingerprint density at radius 1 is 1.02 bits per heavy atom. The topological polar surface area (TPSA) is 90.3 Å². The van der Waals surface area contributed by atoms with E-state index in [1.54, 1.807) is 0 Å². The molecule has 1 aliphatic carbocycles. The Morgan fingerprint density at radius 3 is 2.31 bits per heavy atom. The molecule has 1 saturated carbocycles. The van der Waals surface area contributed by atoms with Crippen molar-refractivity contribution in [3.63, 3.8) is 0 Å². The van der Waals surface area contributed by atoms with Gasteiger partial charge < -0.3 is 19.8 Å². The number of rotatable bonds is 12. The molecule has 0 bridgehead atoms. The SMILES string of the molecule is CC(C)(C)OC(=O)NCCCCCc1cc(Nc2cc([C@H]3CC[C@@H](O[Si](C)(C)C(C)(C)C)C3)nn2C(C)(C)C)cc(C(F)F)n1. The summed E-state index contributed by atoms with van der Waals surface area (Å²) in [5, 5.41) is 11.4. The van der Waals surface area contributed by atoms with E-state index in [0.717, 1.165) is 50.0 Å². The highest BCUT2D eigenvalue weighted by atomic mass is 28.4. The first-order valence-corrected chi connectivity index (χ1v) is 19.4. The Balaban J connectivity index is 1.69.